The van der Waals surface area contributed by atoms with Crippen molar-refractivity contribution in [1.29, 1.82) is 0 Å². The molecule has 11 heteroatoms. The molecular formula is C24H31N5O4S2. The minimum atomic E-state index is -3.82. The van der Waals surface area contributed by atoms with Gasteiger partial charge in [0.25, 0.3) is 0 Å². The summed E-state index contributed by atoms with van der Waals surface area (Å²) < 4.78 is 29.7. The Morgan fingerprint density at radius 2 is 1.86 bits per heavy atom. The van der Waals surface area contributed by atoms with Gasteiger partial charge in [0.05, 0.1) is 21.0 Å². The number of H-pyrrole nitrogens is 1. The van der Waals surface area contributed by atoms with Crippen molar-refractivity contribution in [2.75, 3.05) is 0 Å². The highest BCUT2D eigenvalue weighted by Gasteiger charge is 2.29. The fourth-order valence-corrected chi connectivity index (χ4v) is 7.33. The van der Waals surface area contributed by atoms with Crippen LogP contribution in [0.2, 0.25) is 0 Å². The van der Waals surface area contributed by atoms with Crippen molar-refractivity contribution in [3.63, 3.8) is 0 Å². The van der Waals surface area contributed by atoms with Crippen molar-refractivity contribution in [3.05, 3.63) is 41.3 Å². The van der Waals surface area contributed by atoms with Crippen LogP contribution in [-0.4, -0.2) is 46.4 Å². The van der Waals surface area contributed by atoms with Crippen LogP contribution in [0.5, 0.6) is 0 Å². The van der Waals surface area contributed by atoms with Crippen molar-refractivity contribution < 1.29 is 18.3 Å². The Morgan fingerprint density at radius 3 is 2.46 bits per heavy atom. The second-order valence-corrected chi connectivity index (χ2v) is 12.7. The van der Waals surface area contributed by atoms with Gasteiger partial charge in [-0.2, -0.15) is 5.10 Å². The molecule has 1 aliphatic carbocycles. The summed E-state index contributed by atoms with van der Waals surface area (Å²) in [6.45, 7) is 7.34. The maximum absolute atomic E-state index is 13.5. The van der Waals surface area contributed by atoms with Crippen molar-refractivity contribution >= 4 is 27.5 Å². The Bertz CT molecular complexity index is 1320. The van der Waals surface area contributed by atoms with Crippen LogP contribution < -0.4 is 10.0 Å². The Kier molecular flexibility index (Phi) is 7.03. The van der Waals surface area contributed by atoms with Gasteiger partial charge in [-0.05, 0) is 65.0 Å². The minimum Gasteiger partial charge on any atom is -0.465 e. The molecule has 1 fully saturated rings. The van der Waals surface area contributed by atoms with Gasteiger partial charge < -0.3 is 10.4 Å². The lowest BCUT2D eigenvalue weighted by atomic mass is 9.86. The molecule has 0 spiro atoms. The third-order valence-electron chi connectivity index (χ3n) is 6.05. The number of nitrogens with zero attached hydrogens (tertiary/aromatic N) is 2. The topological polar surface area (TPSA) is 137 Å². The van der Waals surface area contributed by atoms with Crippen molar-refractivity contribution in [1.82, 2.24) is 25.2 Å². The van der Waals surface area contributed by atoms with Crippen LogP contribution in [0.1, 0.15) is 63.1 Å². The molecule has 0 unspecified atom stereocenters. The van der Waals surface area contributed by atoms with Crippen LogP contribution in [0.3, 0.4) is 0 Å². The molecule has 4 rings (SSSR count). The predicted octanol–water partition coefficient (Wildman–Crippen LogP) is 4.88. The summed E-state index contributed by atoms with van der Waals surface area (Å²) in [7, 11) is -3.82. The lowest BCUT2D eigenvalue weighted by Crippen LogP contribution is -2.40. The van der Waals surface area contributed by atoms with E-state index in [1.807, 2.05) is 39.8 Å². The number of hydrogen-bond acceptors (Lipinski definition) is 6. The number of thiazole rings is 1. The number of aromatic amines is 1. The average Bonchev–Trinajstić information content (AvgIpc) is 3.41. The van der Waals surface area contributed by atoms with Gasteiger partial charge in [-0.1, -0.05) is 12.1 Å². The molecule has 3 aromatic rings. The van der Waals surface area contributed by atoms with Crippen LogP contribution in [0.4, 0.5) is 4.79 Å². The SMILES string of the molecule is Cc1[nH]ncc1-c1ccc(-c2cnc([C@H]3CC[C@H](NC(=O)O)CC3)s2)c(S(=O)(=O)NC(C)(C)C)c1. The van der Waals surface area contributed by atoms with Gasteiger partial charge in [-0.15, -0.1) is 11.3 Å². The molecule has 1 saturated carbocycles. The predicted molar refractivity (Wildman–Crippen MR) is 136 cm³/mol. The van der Waals surface area contributed by atoms with Crippen molar-refractivity contribution in [3.8, 4) is 21.6 Å². The summed E-state index contributed by atoms with van der Waals surface area (Å²) in [4.78, 5) is 16.5. The average molecular weight is 518 g/mol. The smallest absolute Gasteiger partial charge is 0.404 e. The molecule has 0 aliphatic heterocycles. The van der Waals surface area contributed by atoms with Crippen LogP contribution in [0, 0.1) is 6.92 Å². The van der Waals surface area contributed by atoms with E-state index in [1.165, 1.54) is 11.3 Å². The second-order valence-electron chi connectivity index (χ2n) is 10.0. The molecule has 0 saturated heterocycles. The number of hydrogen-bond donors (Lipinski definition) is 4. The largest absolute Gasteiger partial charge is 0.465 e. The number of rotatable bonds is 6. The van der Waals surface area contributed by atoms with Gasteiger partial charge in [0.2, 0.25) is 10.0 Å². The molecule has 1 aromatic carbocycles. The summed E-state index contributed by atoms with van der Waals surface area (Å²) in [5, 5.41) is 19.5. The zero-order valence-corrected chi connectivity index (χ0v) is 21.9. The van der Waals surface area contributed by atoms with Crippen LogP contribution in [-0.2, 0) is 10.0 Å². The van der Waals surface area contributed by atoms with E-state index in [1.54, 1.807) is 18.5 Å². The molecule has 9 nitrogen and oxygen atoms in total. The minimum absolute atomic E-state index is 0.0256. The molecule has 4 N–H and O–H groups in total. The Balaban J connectivity index is 1.68. The van der Waals surface area contributed by atoms with Gasteiger partial charge in [0.15, 0.2) is 0 Å². The first-order valence-corrected chi connectivity index (χ1v) is 13.9. The zero-order chi connectivity index (χ0) is 25.4. The number of amides is 1. The molecule has 2 aromatic heterocycles. The summed E-state index contributed by atoms with van der Waals surface area (Å²) in [6.07, 6.45) is 5.66. The zero-order valence-electron chi connectivity index (χ0n) is 20.3. The lowest BCUT2D eigenvalue weighted by Gasteiger charge is -2.27. The van der Waals surface area contributed by atoms with E-state index < -0.39 is 21.7 Å². The number of aryl methyl sites for hydroxylation is 1. The molecule has 1 aliphatic rings. The lowest BCUT2D eigenvalue weighted by molar-refractivity contribution is 0.185. The molecule has 188 valence electrons. The summed E-state index contributed by atoms with van der Waals surface area (Å²) in [6, 6.07) is 5.42. The van der Waals surface area contributed by atoms with Crippen LogP contribution in [0.15, 0.2) is 35.5 Å². The standard InChI is InChI=1S/C24H31N5O4S2/c1-14-19(12-26-28-14)16-7-10-18(21(11-16)35(32,33)29-24(2,3)4)20-13-25-22(34-20)15-5-8-17(9-6-15)27-23(30)31/h7,10-13,15,17,27,29H,5-6,8-9H2,1-4H3,(H,26,28)(H,30,31)/t15-,17-. The summed E-state index contributed by atoms with van der Waals surface area (Å²) >= 11 is 1.50. The number of carbonyl (C=O) groups is 1. The van der Waals surface area contributed by atoms with E-state index in [2.05, 4.69) is 25.2 Å². The van der Waals surface area contributed by atoms with Gasteiger partial charge in [0.1, 0.15) is 0 Å². The van der Waals surface area contributed by atoms with Gasteiger partial charge in [0, 0.05) is 40.5 Å². The summed E-state index contributed by atoms with van der Waals surface area (Å²) in [5.74, 6) is 0.237. The number of aromatic nitrogens is 3. The Hall–Kier alpha value is -2.76. The molecule has 0 radical (unpaired) electrons. The normalized spacial score (nSPS) is 19.0. The Labute approximate surface area is 209 Å². The van der Waals surface area contributed by atoms with Gasteiger partial charge in [-0.25, -0.2) is 22.9 Å². The molecule has 35 heavy (non-hydrogen) atoms. The van der Waals surface area contributed by atoms with Gasteiger partial charge in [-0.3, -0.25) is 5.10 Å². The first kappa shape index (κ1) is 25.3. The van der Waals surface area contributed by atoms with Crippen molar-refractivity contribution in [2.45, 2.75) is 75.8 Å². The number of sulfonamides is 1. The van der Waals surface area contributed by atoms with Gasteiger partial charge >= 0.3 is 6.09 Å². The number of carboxylic acid groups (broad SMARTS) is 1. The highest BCUT2D eigenvalue weighted by Crippen LogP contribution is 2.40. The van der Waals surface area contributed by atoms with E-state index >= 15 is 0 Å². The van der Waals surface area contributed by atoms with E-state index in [4.69, 9.17) is 5.11 Å². The fourth-order valence-electron chi connectivity index (χ4n) is 4.48. The fraction of sp³-hybridized carbons (Fsp3) is 0.458. The maximum atomic E-state index is 13.5. The number of nitrogens with one attached hydrogen (secondary N) is 3. The Morgan fingerprint density at radius 1 is 1.14 bits per heavy atom. The molecule has 0 bridgehead atoms. The highest BCUT2D eigenvalue weighted by atomic mass is 32.2. The molecule has 1 amide bonds. The third-order valence-corrected chi connectivity index (χ3v) is 9.04. The second kappa shape index (κ2) is 9.71. The number of benzene rings is 1. The maximum Gasteiger partial charge on any atom is 0.404 e. The molecule has 2 heterocycles. The van der Waals surface area contributed by atoms with E-state index in [9.17, 15) is 13.2 Å². The molecular weight excluding hydrogens is 486 g/mol. The van der Waals surface area contributed by atoms with E-state index in [-0.39, 0.29) is 16.9 Å². The monoisotopic (exact) mass is 517 g/mol. The van der Waals surface area contributed by atoms with E-state index in [0.717, 1.165) is 52.4 Å². The van der Waals surface area contributed by atoms with Crippen molar-refractivity contribution in [2.24, 2.45) is 0 Å². The van der Waals surface area contributed by atoms with E-state index in [0.29, 0.717) is 5.56 Å². The van der Waals surface area contributed by atoms with Crippen LogP contribution >= 0.6 is 11.3 Å². The quantitative estimate of drug-likeness (QED) is 0.368. The summed E-state index contributed by atoms with van der Waals surface area (Å²) in [5.41, 5.74) is 2.44. The molecule has 0 atom stereocenters. The van der Waals surface area contributed by atoms with Crippen LogP contribution in [0.25, 0.3) is 21.6 Å². The third kappa shape index (κ3) is 5.91. The first-order chi connectivity index (χ1) is 16.4. The highest BCUT2D eigenvalue weighted by molar-refractivity contribution is 7.89. The first-order valence-electron chi connectivity index (χ1n) is 11.6.